The van der Waals surface area contributed by atoms with Crippen LogP contribution in [0.15, 0.2) is 10.5 Å². The first-order valence-electron chi connectivity index (χ1n) is 6.92. The highest BCUT2D eigenvalue weighted by Gasteiger charge is 2.13. The number of hydrogen-bond acceptors (Lipinski definition) is 4. The van der Waals surface area contributed by atoms with Crippen LogP contribution in [0, 0.1) is 6.92 Å². The molecule has 0 amide bonds. The fraction of sp³-hybridized carbons (Fsp3) is 0.643. The average Bonchev–Trinajstić information content (AvgIpc) is 2.78. The first-order chi connectivity index (χ1) is 9.16. The van der Waals surface area contributed by atoms with Crippen LogP contribution in [0.3, 0.4) is 0 Å². The average molecular weight is 266 g/mol. The monoisotopic (exact) mass is 266 g/mol. The molecule has 1 aromatic rings. The molecular weight excluding hydrogens is 244 g/mol. The number of carboxylic acid groups (broad SMARTS) is 1. The summed E-state index contributed by atoms with van der Waals surface area (Å²) in [6.07, 6.45) is 3.97. The van der Waals surface area contributed by atoms with Crippen molar-refractivity contribution in [2.24, 2.45) is 0 Å². The maximum atomic E-state index is 10.8. The molecule has 5 heteroatoms. The van der Waals surface area contributed by atoms with Gasteiger partial charge in [0, 0.05) is 25.2 Å². The van der Waals surface area contributed by atoms with Crippen molar-refractivity contribution >= 4 is 5.97 Å². The highest BCUT2D eigenvalue weighted by molar-refractivity contribution is 5.84. The third-order valence-electron chi connectivity index (χ3n) is 3.60. The molecule has 0 saturated carbocycles. The second-order valence-corrected chi connectivity index (χ2v) is 5.08. The third-order valence-corrected chi connectivity index (χ3v) is 3.60. The Morgan fingerprint density at radius 2 is 2.16 bits per heavy atom. The topological polar surface area (TPSA) is 65.7 Å². The molecule has 0 aliphatic carbocycles. The molecule has 0 unspecified atom stereocenters. The Balaban J connectivity index is 1.71. The van der Waals surface area contributed by atoms with Gasteiger partial charge in [0.05, 0.1) is 0 Å². The van der Waals surface area contributed by atoms with Gasteiger partial charge in [0.25, 0.3) is 0 Å². The SMILES string of the molecule is Cc1oc(C(=O)O)cc1CNCCN1CCCCC1. The molecule has 5 nitrogen and oxygen atoms in total. The number of nitrogens with one attached hydrogen (secondary N) is 1. The van der Waals surface area contributed by atoms with Crippen LogP contribution in [0.1, 0.15) is 41.1 Å². The van der Waals surface area contributed by atoms with E-state index in [9.17, 15) is 4.79 Å². The van der Waals surface area contributed by atoms with E-state index in [0.29, 0.717) is 12.3 Å². The summed E-state index contributed by atoms with van der Waals surface area (Å²) in [4.78, 5) is 13.3. The Hall–Kier alpha value is -1.33. The molecule has 2 heterocycles. The molecule has 2 N–H and O–H groups in total. The van der Waals surface area contributed by atoms with Crippen LogP contribution in [0.4, 0.5) is 0 Å². The summed E-state index contributed by atoms with van der Waals surface area (Å²) >= 11 is 0. The molecule has 1 saturated heterocycles. The van der Waals surface area contributed by atoms with Crippen molar-refractivity contribution in [3.8, 4) is 0 Å². The maximum absolute atomic E-state index is 10.8. The Morgan fingerprint density at radius 1 is 1.42 bits per heavy atom. The van der Waals surface area contributed by atoms with Gasteiger partial charge in [0.1, 0.15) is 5.76 Å². The standard InChI is InChI=1S/C14H22N2O3/c1-11-12(9-13(19-11)14(17)18)10-15-5-8-16-6-3-2-4-7-16/h9,15H,2-8,10H2,1H3,(H,17,18). The lowest BCUT2D eigenvalue weighted by molar-refractivity contribution is 0.0661. The molecule has 1 aliphatic rings. The van der Waals surface area contributed by atoms with Crippen molar-refractivity contribution in [1.82, 2.24) is 10.2 Å². The van der Waals surface area contributed by atoms with E-state index < -0.39 is 5.97 Å². The van der Waals surface area contributed by atoms with E-state index >= 15 is 0 Å². The summed E-state index contributed by atoms with van der Waals surface area (Å²) < 4.78 is 5.17. The number of rotatable bonds is 6. The molecule has 19 heavy (non-hydrogen) atoms. The summed E-state index contributed by atoms with van der Waals surface area (Å²) in [5, 5.41) is 12.2. The third kappa shape index (κ3) is 4.08. The number of carbonyl (C=O) groups is 1. The van der Waals surface area contributed by atoms with Gasteiger partial charge in [-0.05, 0) is 38.9 Å². The fourth-order valence-electron chi connectivity index (χ4n) is 2.44. The van der Waals surface area contributed by atoms with E-state index in [1.54, 1.807) is 13.0 Å². The van der Waals surface area contributed by atoms with Crippen LogP contribution < -0.4 is 5.32 Å². The molecular formula is C14H22N2O3. The molecule has 106 valence electrons. The molecule has 0 atom stereocenters. The van der Waals surface area contributed by atoms with Crippen molar-refractivity contribution in [1.29, 1.82) is 0 Å². The minimum absolute atomic E-state index is 0.0188. The number of nitrogens with zero attached hydrogens (tertiary/aromatic N) is 1. The van der Waals surface area contributed by atoms with Crippen LogP contribution in [0.2, 0.25) is 0 Å². The number of hydrogen-bond donors (Lipinski definition) is 2. The minimum Gasteiger partial charge on any atom is -0.475 e. The number of piperidine rings is 1. The maximum Gasteiger partial charge on any atom is 0.371 e. The number of aromatic carboxylic acids is 1. The summed E-state index contributed by atoms with van der Waals surface area (Å²) in [6.45, 7) is 6.85. The van der Waals surface area contributed by atoms with Gasteiger partial charge >= 0.3 is 5.97 Å². The van der Waals surface area contributed by atoms with Crippen molar-refractivity contribution < 1.29 is 14.3 Å². The lowest BCUT2D eigenvalue weighted by atomic mass is 10.1. The first-order valence-corrected chi connectivity index (χ1v) is 6.92. The smallest absolute Gasteiger partial charge is 0.371 e. The van der Waals surface area contributed by atoms with Gasteiger partial charge in [0.15, 0.2) is 0 Å². The van der Waals surface area contributed by atoms with E-state index in [1.165, 1.54) is 32.4 Å². The van der Waals surface area contributed by atoms with Crippen LogP contribution >= 0.6 is 0 Å². The molecule has 1 aromatic heterocycles. The highest BCUT2D eigenvalue weighted by Crippen LogP contribution is 2.14. The summed E-state index contributed by atoms with van der Waals surface area (Å²) in [5.74, 6) is -0.309. The van der Waals surface area contributed by atoms with E-state index in [0.717, 1.165) is 18.7 Å². The van der Waals surface area contributed by atoms with Gasteiger partial charge in [-0.25, -0.2) is 4.79 Å². The second-order valence-electron chi connectivity index (χ2n) is 5.08. The van der Waals surface area contributed by atoms with Crippen LogP contribution in [0.5, 0.6) is 0 Å². The predicted octanol–water partition coefficient (Wildman–Crippen LogP) is 1.86. The zero-order chi connectivity index (χ0) is 13.7. The zero-order valence-electron chi connectivity index (χ0n) is 11.4. The Bertz CT molecular complexity index is 422. The number of carboxylic acids is 1. The van der Waals surface area contributed by atoms with Gasteiger partial charge in [-0.1, -0.05) is 6.42 Å². The molecule has 2 rings (SSSR count). The van der Waals surface area contributed by atoms with Crippen molar-refractivity contribution in [2.75, 3.05) is 26.2 Å². The molecule has 0 aromatic carbocycles. The molecule has 0 spiro atoms. The van der Waals surface area contributed by atoms with Gasteiger partial charge in [-0.3, -0.25) is 0 Å². The Kier molecular flexibility index (Phi) is 4.99. The van der Waals surface area contributed by atoms with Gasteiger partial charge in [-0.15, -0.1) is 0 Å². The number of likely N-dealkylation sites (tertiary alicyclic amines) is 1. The summed E-state index contributed by atoms with van der Waals surface area (Å²) in [7, 11) is 0. The van der Waals surface area contributed by atoms with Gasteiger partial charge in [0.2, 0.25) is 5.76 Å². The van der Waals surface area contributed by atoms with Gasteiger partial charge in [-0.2, -0.15) is 0 Å². The second kappa shape index (κ2) is 6.73. The minimum atomic E-state index is -1.01. The summed E-state index contributed by atoms with van der Waals surface area (Å²) in [5.41, 5.74) is 0.927. The lowest BCUT2D eigenvalue weighted by Crippen LogP contribution is -2.35. The zero-order valence-corrected chi connectivity index (χ0v) is 11.4. The van der Waals surface area contributed by atoms with E-state index in [4.69, 9.17) is 9.52 Å². The van der Waals surface area contributed by atoms with Crippen LogP contribution in [-0.4, -0.2) is 42.2 Å². The quantitative estimate of drug-likeness (QED) is 0.769. The molecule has 1 aliphatic heterocycles. The normalized spacial score (nSPS) is 16.7. The van der Waals surface area contributed by atoms with Crippen molar-refractivity contribution in [3.05, 3.63) is 23.2 Å². The highest BCUT2D eigenvalue weighted by atomic mass is 16.4. The largest absolute Gasteiger partial charge is 0.475 e. The van der Waals surface area contributed by atoms with E-state index in [1.807, 2.05) is 0 Å². The van der Waals surface area contributed by atoms with Crippen molar-refractivity contribution in [3.63, 3.8) is 0 Å². The van der Waals surface area contributed by atoms with E-state index in [2.05, 4.69) is 10.2 Å². The molecule has 0 radical (unpaired) electrons. The molecule has 1 fully saturated rings. The van der Waals surface area contributed by atoms with Crippen molar-refractivity contribution in [2.45, 2.75) is 32.7 Å². The first kappa shape index (κ1) is 14.1. The number of aryl methyl sites for hydroxylation is 1. The fourth-order valence-corrected chi connectivity index (χ4v) is 2.44. The lowest BCUT2D eigenvalue weighted by Gasteiger charge is -2.26. The van der Waals surface area contributed by atoms with E-state index in [-0.39, 0.29) is 5.76 Å². The number of furan rings is 1. The van der Waals surface area contributed by atoms with Crippen LogP contribution in [-0.2, 0) is 6.54 Å². The Labute approximate surface area is 113 Å². The van der Waals surface area contributed by atoms with Gasteiger partial charge < -0.3 is 19.7 Å². The Morgan fingerprint density at radius 3 is 2.79 bits per heavy atom. The molecule has 0 bridgehead atoms. The summed E-state index contributed by atoms with van der Waals surface area (Å²) in [6, 6.07) is 1.60. The van der Waals surface area contributed by atoms with Crippen LogP contribution in [0.25, 0.3) is 0 Å². The predicted molar refractivity (Wildman–Crippen MR) is 72.4 cm³/mol.